The van der Waals surface area contributed by atoms with Gasteiger partial charge in [0, 0.05) is 42.5 Å². The first-order valence-corrected chi connectivity index (χ1v) is 10.8. The van der Waals surface area contributed by atoms with Gasteiger partial charge in [-0.2, -0.15) is 0 Å². The lowest BCUT2D eigenvalue weighted by Crippen LogP contribution is -2.35. The van der Waals surface area contributed by atoms with Crippen molar-refractivity contribution in [2.24, 2.45) is 0 Å². The zero-order valence-corrected chi connectivity index (χ0v) is 17.7. The molecular formula is C26H20F2N4O. The number of rotatable bonds is 4. The second-order valence-corrected chi connectivity index (χ2v) is 8.83. The van der Waals surface area contributed by atoms with E-state index in [2.05, 4.69) is 38.8 Å². The van der Waals surface area contributed by atoms with Crippen molar-refractivity contribution in [2.75, 3.05) is 5.32 Å². The predicted molar refractivity (Wildman–Crippen MR) is 121 cm³/mol. The molecule has 0 bridgehead atoms. The van der Waals surface area contributed by atoms with Crippen molar-refractivity contribution < 1.29 is 13.6 Å². The van der Waals surface area contributed by atoms with Gasteiger partial charge in [-0.3, -0.25) is 9.78 Å². The van der Waals surface area contributed by atoms with Gasteiger partial charge in [0.15, 0.2) is 0 Å². The molecule has 2 aromatic carbocycles. The van der Waals surface area contributed by atoms with Crippen LogP contribution in [0.25, 0.3) is 10.9 Å². The maximum absolute atomic E-state index is 13.4. The number of anilines is 1. The van der Waals surface area contributed by atoms with Crippen LogP contribution in [0.15, 0.2) is 60.9 Å². The van der Waals surface area contributed by atoms with Crippen LogP contribution in [-0.4, -0.2) is 15.9 Å². The zero-order valence-electron chi connectivity index (χ0n) is 17.7. The number of hydrogen-bond acceptors (Lipinski definition) is 4. The lowest BCUT2D eigenvalue weighted by Gasteiger charge is -2.20. The highest BCUT2D eigenvalue weighted by molar-refractivity contribution is 6.06. The summed E-state index contributed by atoms with van der Waals surface area (Å²) in [6.07, 6.45) is 4.77. The SMILES string of the molecule is O=C1Nc2ncccc2C12Cc1cc3cc(CNCc4cc(F)cc(F)c4)cnc3cc1C2. The lowest BCUT2D eigenvalue weighted by molar-refractivity contribution is -0.120. The number of carbonyl (C=O) groups excluding carboxylic acids is 1. The molecule has 164 valence electrons. The Morgan fingerprint density at radius 2 is 1.70 bits per heavy atom. The molecule has 7 heteroatoms. The third kappa shape index (κ3) is 3.36. The van der Waals surface area contributed by atoms with E-state index >= 15 is 0 Å². The van der Waals surface area contributed by atoms with Crippen LogP contribution in [0.5, 0.6) is 0 Å². The molecule has 0 saturated carbocycles. The number of nitrogens with zero attached hydrogens (tertiary/aromatic N) is 2. The molecular weight excluding hydrogens is 422 g/mol. The number of nitrogens with one attached hydrogen (secondary N) is 2. The van der Waals surface area contributed by atoms with E-state index in [0.29, 0.717) is 37.3 Å². The fourth-order valence-corrected chi connectivity index (χ4v) is 5.11. The molecule has 0 radical (unpaired) electrons. The number of fused-ring (bicyclic) bond motifs is 4. The number of pyridine rings is 2. The molecule has 0 saturated heterocycles. The minimum absolute atomic E-state index is 0.00286. The van der Waals surface area contributed by atoms with Crippen LogP contribution in [-0.2, 0) is 36.1 Å². The van der Waals surface area contributed by atoms with Gasteiger partial charge in [0.25, 0.3) is 0 Å². The van der Waals surface area contributed by atoms with E-state index in [0.717, 1.165) is 39.2 Å². The normalized spacial score (nSPS) is 18.5. The van der Waals surface area contributed by atoms with Gasteiger partial charge in [-0.1, -0.05) is 6.07 Å². The van der Waals surface area contributed by atoms with E-state index in [-0.39, 0.29) is 5.91 Å². The van der Waals surface area contributed by atoms with Crippen LogP contribution in [0.1, 0.15) is 27.8 Å². The highest BCUT2D eigenvalue weighted by Crippen LogP contribution is 2.47. The standard InChI is InChI=1S/C26H20F2N4O/c27-20-5-15(6-21(28)9-20)12-29-13-16-4-17-7-18-10-26(11-19(18)8-23(17)31-14-16)22-2-1-3-30-24(22)32-25(26)33/h1-9,14,29H,10-13H2,(H,30,32,33). The molecule has 1 spiro atoms. The maximum atomic E-state index is 13.4. The average Bonchev–Trinajstić information content (AvgIpc) is 3.28. The van der Waals surface area contributed by atoms with Gasteiger partial charge < -0.3 is 10.6 Å². The molecule has 3 heterocycles. The molecule has 1 aliphatic heterocycles. The van der Waals surface area contributed by atoms with Crippen molar-refractivity contribution in [3.63, 3.8) is 0 Å². The minimum Gasteiger partial charge on any atom is -0.310 e. The second-order valence-electron chi connectivity index (χ2n) is 8.83. The van der Waals surface area contributed by atoms with Crippen molar-refractivity contribution in [3.05, 3.63) is 100 Å². The van der Waals surface area contributed by atoms with E-state index in [1.165, 1.54) is 12.1 Å². The number of aromatic nitrogens is 2. The van der Waals surface area contributed by atoms with Gasteiger partial charge in [0.05, 0.1) is 10.9 Å². The number of benzene rings is 2. The van der Waals surface area contributed by atoms with E-state index in [1.807, 2.05) is 12.1 Å². The third-order valence-electron chi connectivity index (χ3n) is 6.61. The monoisotopic (exact) mass is 442 g/mol. The highest BCUT2D eigenvalue weighted by Gasteiger charge is 2.51. The summed E-state index contributed by atoms with van der Waals surface area (Å²) < 4.78 is 26.7. The van der Waals surface area contributed by atoms with Crippen molar-refractivity contribution >= 4 is 22.6 Å². The quantitative estimate of drug-likeness (QED) is 0.498. The Kier molecular flexibility index (Phi) is 4.48. The van der Waals surface area contributed by atoms with Crippen LogP contribution in [0.2, 0.25) is 0 Å². The topological polar surface area (TPSA) is 66.9 Å². The van der Waals surface area contributed by atoms with Crippen LogP contribution >= 0.6 is 0 Å². The second kappa shape index (κ2) is 7.42. The van der Waals surface area contributed by atoms with Gasteiger partial charge in [0.1, 0.15) is 17.5 Å². The van der Waals surface area contributed by atoms with Crippen molar-refractivity contribution in [1.82, 2.24) is 15.3 Å². The van der Waals surface area contributed by atoms with Crippen LogP contribution in [0.4, 0.5) is 14.6 Å². The van der Waals surface area contributed by atoms with E-state index in [4.69, 9.17) is 0 Å². The minimum atomic E-state index is -0.603. The largest absolute Gasteiger partial charge is 0.310 e. The van der Waals surface area contributed by atoms with Gasteiger partial charge in [-0.25, -0.2) is 13.8 Å². The lowest BCUT2D eigenvalue weighted by atomic mass is 9.79. The highest BCUT2D eigenvalue weighted by atomic mass is 19.1. The fourth-order valence-electron chi connectivity index (χ4n) is 5.11. The van der Waals surface area contributed by atoms with Crippen LogP contribution in [0, 0.1) is 11.6 Å². The molecule has 0 fully saturated rings. The molecule has 1 amide bonds. The van der Waals surface area contributed by atoms with Gasteiger partial charge in [-0.15, -0.1) is 0 Å². The first-order valence-electron chi connectivity index (χ1n) is 10.8. The molecule has 33 heavy (non-hydrogen) atoms. The summed E-state index contributed by atoms with van der Waals surface area (Å²) in [5.74, 6) is -0.507. The Hall–Kier alpha value is -3.71. The molecule has 6 rings (SSSR count). The van der Waals surface area contributed by atoms with E-state index in [9.17, 15) is 13.6 Å². The van der Waals surface area contributed by atoms with Crippen molar-refractivity contribution in [3.8, 4) is 0 Å². The summed E-state index contributed by atoms with van der Waals surface area (Å²) in [7, 11) is 0. The van der Waals surface area contributed by atoms with Gasteiger partial charge in [-0.05, 0) is 71.5 Å². The summed E-state index contributed by atoms with van der Waals surface area (Å²) in [5, 5.41) is 7.16. The molecule has 1 atom stereocenters. The van der Waals surface area contributed by atoms with E-state index in [1.54, 1.807) is 12.4 Å². The number of halogens is 2. The molecule has 5 nitrogen and oxygen atoms in total. The Morgan fingerprint density at radius 1 is 0.939 bits per heavy atom. The molecule has 1 aliphatic carbocycles. The van der Waals surface area contributed by atoms with Crippen LogP contribution < -0.4 is 10.6 Å². The first kappa shape index (κ1) is 19.9. The van der Waals surface area contributed by atoms with Crippen molar-refractivity contribution in [2.45, 2.75) is 31.3 Å². The maximum Gasteiger partial charge on any atom is 0.237 e. The summed E-state index contributed by atoms with van der Waals surface area (Å²) in [6.45, 7) is 0.867. The first-order chi connectivity index (χ1) is 16.0. The number of amides is 1. The predicted octanol–water partition coefficient (Wildman–Crippen LogP) is 4.19. The Labute approximate surface area is 188 Å². The molecule has 1 unspecified atom stereocenters. The van der Waals surface area contributed by atoms with Crippen molar-refractivity contribution in [1.29, 1.82) is 0 Å². The third-order valence-corrected chi connectivity index (χ3v) is 6.61. The molecule has 2 aliphatic rings. The van der Waals surface area contributed by atoms with E-state index < -0.39 is 17.0 Å². The summed E-state index contributed by atoms with van der Waals surface area (Å²) in [4.78, 5) is 21.9. The average molecular weight is 442 g/mol. The van der Waals surface area contributed by atoms with Crippen LogP contribution in [0.3, 0.4) is 0 Å². The zero-order chi connectivity index (χ0) is 22.6. The van der Waals surface area contributed by atoms with Gasteiger partial charge in [0.2, 0.25) is 5.91 Å². The smallest absolute Gasteiger partial charge is 0.237 e. The summed E-state index contributed by atoms with van der Waals surface area (Å²) >= 11 is 0. The number of hydrogen-bond donors (Lipinski definition) is 2. The van der Waals surface area contributed by atoms with Gasteiger partial charge >= 0.3 is 0 Å². The molecule has 2 N–H and O–H groups in total. The Morgan fingerprint density at radius 3 is 2.52 bits per heavy atom. The molecule has 2 aromatic heterocycles. The Balaban J connectivity index is 1.24. The Bertz CT molecular complexity index is 1420. The summed E-state index contributed by atoms with van der Waals surface area (Å²) in [6, 6.07) is 13.6. The summed E-state index contributed by atoms with van der Waals surface area (Å²) in [5.41, 5.74) is 5.05. The molecule has 4 aromatic rings. The number of carbonyl (C=O) groups is 1. The fraction of sp³-hybridized carbons (Fsp3) is 0.192.